The van der Waals surface area contributed by atoms with Gasteiger partial charge in [0.05, 0.1) is 5.69 Å². The molecule has 2 rings (SSSR count). The third kappa shape index (κ3) is 3.01. The van der Waals surface area contributed by atoms with E-state index < -0.39 is 46.4 Å². The third-order valence-electron chi connectivity index (χ3n) is 3.38. The maximum Gasteiger partial charge on any atom is 0.314 e. The third-order valence-corrected chi connectivity index (χ3v) is 3.38. The van der Waals surface area contributed by atoms with Crippen LogP contribution in [0, 0.1) is 23.4 Å². The van der Waals surface area contributed by atoms with E-state index in [0.717, 1.165) is 12.8 Å². The van der Waals surface area contributed by atoms with Gasteiger partial charge in [0.2, 0.25) is 0 Å². The average molecular weight is 301 g/mol. The molecule has 1 fully saturated rings. The van der Waals surface area contributed by atoms with Gasteiger partial charge in [-0.1, -0.05) is 6.92 Å². The van der Waals surface area contributed by atoms with E-state index in [-0.39, 0.29) is 12.5 Å². The Morgan fingerprint density at radius 3 is 2.43 bits per heavy atom. The van der Waals surface area contributed by atoms with Crippen LogP contribution in [-0.4, -0.2) is 22.9 Å². The minimum atomic E-state index is -1.68. The second-order valence-electron chi connectivity index (χ2n) is 4.99. The smallest absolute Gasteiger partial charge is 0.314 e. The summed E-state index contributed by atoms with van der Waals surface area (Å²) in [6, 6.07) is 0.442. The minimum Gasteiger partial charge on any atom is -0.481 e. The number of hydrogen-bond acceptors (Lipinski definition) is 3. The molecule has 0 aliphatic heterocycles. The zero-order valence-electron chi connectivity index (χ0n) is 11.3. The van der Waals surface area contributed by atoms with E-state index >= 15 is 0 Å². The molecule has 1 aliphatic rings. The zero-order valence-corrected chi connectivity index (χ0v) is 11.3. The highest BCUT2D eigenvalue weighted by atomic mass is 19.2. The second-order valence-corrected chi connectivity index (χ2v) is 4.99. The number of carbonyl (C=O) groups is 2. The van der Waals surface area contributed by atoms with Gasteiger partial charge in [-0.05, 0) is 25.3 Å². The van der Waals surface area contributed by atoms with Gasteiger partial charge in [0.25, 0.3) is 0 Å². The Morgan fingerprint density at radius 2 is 1.95 bits per heavy atom. The summed E-state index contributed by atoms with van der Waals surface area (Å²) in [5.41, 5.74) is -0.923. The molecule has 1 aromatic rings. The molecular formula is C14H14F3NO3. The molecule has 0 unspecified atom stereocenters. The molecule has 1 aromatic carbocycles. The lowest BCUT2D eigenvalue weighted by Gasteiger charge is -2.15. The number of rotatable bonds is 6. The lowest BCUT2D eigenvalue weighted by Crippen LogP contribution is -2.25. The van der Waals surface area contributed by atoms with Crippen molar-refractivity contribution in [2.45, 2.75) is 32.2 Å². The van der Waals surface area contributed by atoms with E-state index in [4.69, 9.17) is 5.11 Å². The minimum absolute atomic E-state index is 0.0301. The van der Waals surface area contributed by atoms with Gasteiger partial charge in [0.15, 0.2) is 23.2 Å². The summed E-state index contributed by atoms with van der Waals surface area (Å²) < 4.78 is 40.6. The van der Waals surface area contributed by atoms with E-state index in [2.05, 4.69) is 5.32 Å². The van der Waals surface area contributed by atoms with Crippen LogP contribution < -0.4 is 5.32 Å². The Morgan fingerprint density at radius 1 is 1.33 bits per heavy atom. The Labute approximate surface area is 119 Å². The number of carboxylic acids is 1. The first-order valence-electron chi connectivity index (χ1n) is 6.57. The molecular weight excluding hydrogens is 287 g/mol. The SMILES string of the molecule is CC[C@H](C(=O)O)C(=O)c1cc(F)c(F)c(F)c1NC1CC1. The number of carbonyl (C=O) groups excluding carboxylic acids is 1. The van der Waals surface area contributed by atoms with Crippen molar-refractivity contribution < 1.29 is 27.9 Å². The summed E-state index contributed by atoms with van der Waals surface area (Å²) in [6.07, 6.45) is 1.42. The molecule has 1 saturated carbocycles. The van der Waals surface area contributed by atoms with Gasteiger partial charge < -0.3 is 10.4 Å². The van der Waals surface area contributed by atoms with Crippen LogP contribution in [0.1, 0.15) is 36.5 Å². The van der Waals surface area contributed by atoms with Crippen LogP contribution >= 0.6 is 0 Å². The molecule has 7 heteroatoms. The maximum absolute atomic E-state index is 13.9. The van der Waals surface area contributed by atoms with Gasteiger partial charge in [-0.2, -0.15) is 0 Å². The van der Waals surface area contributed by atoms with Gasteiger partial charge in [-0.15, -0.1) is 0 Å². The second kappa shape index (κ2) is 5.75. The van der Waals surface area contributed by atoms with Gasteiger partial charge in [0.1, 0.15) is 5.92 Å². The molecule has 114 valence electrons. The Hall–Kier alpha value is -2.05. The number of anilines is 1. The molecule has 0 spiro atoms. The van der Waals surface area contributed by atoms with Crippen LogP contribution in [0.2, 0.25) is 0 Å². The van der Waals surface area contributed by atoms with Gasteiger partial charge in [-0.3, -0.25) is 9.59 Å². The fraction of sp³-hybridized carbons (Fsp3) is 0.429. The monoisotopic (exact) mass is 301 g/mol. The molecule has 0 amide bonds. The maximum atomic E-state index is 13.9. The van der Waals surface area contributed by atoms with Crippen LogP contribution in [0.15, 0.2) is 6.07 Å². The fourth-order valence-corrected chi connectivity index (χ4v) is 2.02. The van der Waals surface area contributed by atoms with Crippen molar-refractivity contribution in [3.05, 3.63) is 29.1 Å². The number of carboxylic acid groups (broad SMARTS) is 1. The highest BCUT2D eigenvalue weighted by Crippen LogP contribution is 2.32. The van der Waals surface area contributed by atoms with Crippen LogP contribution in [0.25, 0.3) is 0 Å². The van der Waals surface area contributed by atoms with E-state index in [1.807, 2.05) is 0 Å². The first-order valence-corrected chi connectivity index (χ1v) is 6.57. The normalized spacial score (nSPS) is 15.6. The van der Waals surface area contributed by atoms with Crippen molar-refractivity contribution in [3.8, 4) is 0 Å². The van der Waals surface area contributed by atoms with Crippen molar-refractivity contribution in [1.29, 1.82) is 0 Å². The lowest BCUT2D eigenvalue weighted by atomic mass is 9.93. The van der Waals surface area contributed by atoms with Crippen molar-refractivity contribution in [1.82, 2.24) is 0 Å². The van der Waals surface area contributed by atoms with E-state index in [1.54, 1.807) is 0 Å². The number of benzene rings is 1. The summed E-state index contributed by atoms with van der Waals surface area (Å²) in [5, 5.41) is 11.6. The van der Waals surface area contributed by atoms with Gasteiger partial charge >= 0.3 is 5.97 Å². The number of halogens is 3. The van der Waals surface area contributed by atoms with Crippen LogP contribution in [-0.2, 0) is 4.79 Å². The Bertz CT molecular complexity index is 600. The first kappa shape index (κ1) is 15.3. The quantitative estimate of drug-likeness (QED) is 0.481. The van der Waals surface area contributed by atoms with Crippen LogP contribution in [0.4, 0.5) is 18.9 Å². The van der Waals surface area contributed by atoms with Gasteiger partial charge in [0, 0.05) is 11.6 Å². The molecule has 0 aromatic heterocycles. The molecule has 4 nitrogen and oxygen atoms in total. The molecule has 2 N–H and O–H groups in total. The lowest BCUT2D eigenvalue weighted by molar-refractivity contribution is -0.140. The molecule has 0 radical (unpaired) electrons. The number of aliphatic carboxylic acids is 1. The topological polar surface area (TPSA) is 66.4 Å². The standard InChI is InChI=1S/C14H14F3NO3/c1-2-7(14(20)21)13(19)8-5-9(15)10(16)11(17)12(8)18-6-3-4-6/h5-7,18H,2-4H2,1H3,(H,20,21)/t7-/m0/s1. The number of hydrogen-bond donors (Lipinski definition) is 2. The van der Waals surface area contributed by atoms with Crippen molar-refractivity contribution in [2.75, 3.05) is 5.32 Å². The van der Waals surface area contributed by atoms with E-state index in [1.165, 1.54) is 6.92 Å². The summed E-state index contributed by atoms with van der Waals surface area (Å²) in [6.45, 7) is 1.47. The predicted octanol–water partition coefficient (Wildman–Crippen LogP) is 2.97. The fourth-order valence-electron chi connectivity index (χ4n) is 2.02. The first-order chi connectivity index (χ1) is 9.86. The highest BCUT2D eigenvalue weighted by molar-refractivity contribution is 6.11. The summed E-state index contributed by atoms with van der Waals surface area (Å²) >= 11 is 0. The van der Waals surface area contributed by atoms with Crippen LogP contribution in [0.3, 0.4) is 0 Å². The molecule has 1 aliphatic carbocycles. The largest absolute Gasteiger partial charge is 0.481 e. The van der Waals surface area contributed by atoms with Crippen molar-refractivity contribution in [3.63, 3.8) is 0 Å². The number of ketones is 1. The molecule has 21 heavy (non-hydrogen) atoms. The van der Waals surface area contributed by atoms with E-state index in [0.29, 0.717) is 6.07 Å². The molecule has 0 saturated heterocycles. The Kier molecular flexibility index (Phi) is 4.20. The Balaban J connectivity index is 2.49. The van der Waals surface area contributed by atoms with Crippen molar-refractivity contribution in [2.24, 2.45) is 5.92 Å². The summed E-state index contributed by atoms with van der Waals surface area (Å²) in [4.78, 5) is 23.2. The number of nitrogens with one attached hydrogen (secondary N) is 1. The molecule has 0 bridgehead atoms. The summed E-state index contributed by atoms with van der Waals surface area (Å²) in [7, 11) is 0. The van der Waals surface area contributed by atoms with Gasteiger partial charge in [-0.25, -0.2) is 13.2 Å². The average Bonchev–Trinajstić information content (AvgIpc) is 3.23. The van der Waals surface area contributed by atoms with E-state index in [9.17, 15) is 22.8 Å². The zero-order chi connectivity index (χ0) is 15.7. The molecule has 0 heterocycles. The number of Topliss-reactive ketones (excluding diaryl/α,β-unsaturated/α-hetero) is 1. The summed E-state index contributed by atoms with van der Waals surface area (Å²) in [5.74, 6) is -8.44. The van der Waals surface area contributed by atoms with Crippen molar-refractivity contribution >= 4 is 17.4 Å². The highest BCUT2D eigenvalue weighted by Gasteiger charge is 2.33. The predicted molar refractivity (Wildman–Crippen MR) is 68.7 cm³/mol. The molecule has 1 atom stereocenters. The van der Waals surface area contributed by atoms with Crippen LogP contribution in [0.5, 0.6) is 0 Å².